The lowest BCUT2D eigenvalue weighted by atomic mass is 9.71. The molecule has 1 saturated carbocycles. The molecule has 1 fully saturated rings. The summed E-state index contributed by atoms with van der Waals surface area (Å²) in [4.78, 5) is 22.0. The maximum atomic E-state index is 13.9. The second-order valence-electron chi connectivity index (χ2n) is 10.1. The van der Waals surface area contributed by atoms with E-state index in [-0.39, 0.29) is 11.3 Å². The molecule has 2 heterocycles. The van der Waals surface area contributed by atoms with E-state index < -0.39 is 5.54 Å². The summed E-state index contributed by atoms with van der Waals surface area (Å²) in [6.07, 6.45) is 10.1. The van der Waals surface area contributed by atoms with Gasteiger partial charge in [0.05, 0.1) is 0 Å². The van der Waals surface area contributed by atoms with Gasteiger partial charge in [-0.05, 0) is 55.7 Å². The number of amides is 1. The van der Waals surface area contributed by atoms with E-state index in [1.165, 1.54) is 19.3 Å². The summed E-state index contributed by atoms with van der Waals surface area (Å²) in [5.74, 6) is 0.00696. The molecule has 0 saturated heterocycles. The number of anilines is 1. The van der Waals surface area contributed by atoms with E-state index in [0.717, 1.165) is 40.7 Å². The Labute approximate surface area is 207 Å². The molecule has 4 aromatic rings. The van der Waals surface area contributed by atoms with Gasteiger partial charge in [-0.25, -0.2) is 0 Å². The lowest BCUT2D eigenvalue weighted by Crippen LogP contribution is -2.55. The Balaban J connectivity index is 1.42. The van der Waals surface area contributed by atoms with Gasteiger partial charge in [0.15, 0.2) is 0 Å². The number of hydrogen-bond acceptors (Lipinski definition) is 3. The molecule has 0 bridgehead atoms. The van der Waals surface area contributed by atoms with Crippen LogP contribution in [0.2, 0.25) is 0 Å². The minimum absolute atomic E-state index is 0.00696. The molecule has 35 heavy (non-hydrogen) atoms. The number of para-hydroxylation sites is 2. The number of rotatable bonds is 8. The molecule has 180 valence electrons. The molecule has 1 atom stereocenters. The molecular weight excluding hydrogens is 432 g/mol. The van der Waals surface area contributed by atoms with E-state index >= 15 is 0 Å². The Hall–Kier alpha value is -3.60. The predicted molar refractivity (Wildman–Crippen MR) is 142 cm³/mol. The zero-order valence-electron chi connectivity index (χ0n) is 20.4. The highest BCUT2D eigenvalue weighted by Gasteiger charge is 2.39. The van der Waals surface area contributed by atoms with Gasteiger partial charge in [0, 0.05) is 53.1 Å². The minimum Gasteiger partial charge on any atom is -0.371 e. The number of hydrogen-bond donors (Lipinski definition) is 3. The number of nitrogens with one attached hydrogen (secondary N) is 3. The fourth-order valence-electron chi connectivity index (χ4n) is 5.55. The van der Waals surface area contributed by atoms with Crippen molar-refractivity contribution >= 4 is 22.5 Å². The van der Waals surface area contributed by atoms with Crippen LogP contribution in [0, 0.1) is 0 Å². The summed E-state index contributed by atoms with van der Waals surface area (Å²) in [5.41, 5.74) is 3.30. The molecule has 1 aliphatic rings. The Bertz CT molecular complexity index is 1260. The number of H-pyrrole nitrogens is 1. The third-order valence-corrected chi connectivity index (χ3v) is 7.52. The third-order valence-electron chi connectivity index (χ3n) is 7.52. The molecule has 3 N–H and O–H groups in total. The van der Waals surface area contributed by atoms with Gasteiger partial charge in [-0.1, -0.05) is 61.7 Å². The molecule has 2 aromatic heterocycles. The van der Waals surface area contributed by atoms with Gasteiger partial charge in [-0.3, -0.25) is 9.78 Å². The Kier molecular flexibility index (Phi) is 6.58. The Morgan fingerprint density at radius 3 is 2.49 bits per heavy atom. The van der Waals surface area contributed by atoms with Gasteiger partial charge in [-0.2, -0.15) is 0 Å². The number of fused-ring (bicyclic) bond motifs is 1. The van der Waals surface area contributed by atoms with E-state index in [1.807, 2.05) is 67.8 Å². The molecule has 1 amide bonds. The Morgan fingerprint density at radius 2 is 1.71 bits per heavy atom. The number of carbonyl (C=O) groups excluding carboxylic acids is 1. The van der Waals surface area contributed by atoms with Crippen LogP contribution in [0.4, 0.5) is 5.69 Å². The van der Waals surface area contributed by atoms with Gasteiger partial charge in [0.1, 0.15) is 5.54 Å². The van der Waals surface area contributed by atoms with Gasteiger partial charge < -0.3 is 15.6 Å². The molecule has 0 radical (unpaired) electrons. The highest BCUT2D eigenvalue weighted by Crippen LogP contribution is 2.38. The number of aromatic nitrogens is 2. The summed E-state index contributed by atoms with van der Waals surface area (Å²) in [6, 6.07) is 24.4. The zero-order valence-corrected chi connectivity index (χ0v) is 20.4. The van der Waals surface area contributed by atoms with E-state index in [0.29, 0.717) is 13.0 Å². The summed E-state index contributed by atoms with van der Waals surface area (Å²) < 4.78 is 0. The standard InChI is InChI=1S/C30H34N4O/c1-29(34-24-12-4-2-5-13-24,20-23-21-32-26-15-7-6-14-25(23)26)28(35)33-22-30(17-9-3-10-18-30)27-16-8-11-19-31-27/h2,4-8,11-16,19,21,32,34H,3,9-10,17-18,20,22H2,1H3,(H,33,35)/t29-/m0/s1. The van der Waals surface area contributed by atoms with Crippen molar-refractivity contribution in [3.05, 3.63) is 96.4 Å². The number of pyridine rings is 1. The summed E-state index contributed by atoms with van der Waals surface area (Å²) in [5, 5.41) is 8.07. The molecule has 5 heteroatoms. The molecular formula is C30H34N4O. The van der Waals surface area contributed by atoms with Crippen LogP contribution in [-0.2, 0) is 16.6 Å². The highest BCUT2D eigenvalue weighted by atomic mass is 16.2. The molecule has 5 nitrogen and oxygen atoms in total. The van der Waals surface area contributed by atoms with Crippen LogP contribution in [0.5, 0.6) is 0 Å². The first-order valence-corrected chi connectivity index (χ1v) is 12.7. The van der Waals surface area contributed by atoms with E-state index in [2.05, 4.69) is 39.9 Å². The first-order valence-electron chi connectivity index (χ1n) is 12.7. The van der Waals surface area contributed by atoms with Gasteiger partial charge >= 0.3 is 0 Å². The molecule has 1 aliphatic carbocycles. The normalized spacial score (nSPS) is 16.9. The fourth-order valence-corrected chi connectivity index (χ4v) is 5.55. The molecule has 0 aliphatic heterocycles. The van der Waals surface area contributed by atoms with Crippen molar-refractivity contribution in [1.82, 2.24) is 15.3 Å². The van der Waals surface area contributed by atoms with Crippen molar-refractivity contribution in [1.29, 1.82) is 0 Å². The third kappa shape index (κ3) is 4.95. The van der Waals surface area contributed by atoms with E-state index in [1.54, 1.807) is 0 Å². The number of benzene rings is 2. The van der Waals surface area contributed by atoms with Crippen LogP contribution < -0.4 is 10.6 Å². The lowest BCUT2D eigenvalue weighted by molar-refractivity contribution is -0.125. The van der Waals surface area contributed by atoms with Crippen molar-refractivity contribution in [2.75, 3.05) is 11.9 Å². The maximum Gasteiger partial charge on any atom is 0.245 e. The van der Waals surface area contributed by atoms with Crippen molar-refractivity contribution in [2.45, 2.75) is 56.4 Å². The van der Waals surface area contributed by atoms with Crippen LogP contribution in [0.25, 0.3) is 10.9 Å². The topological polar surface area (TPSA) is 69.8 Å². The largest absolute Gasteiger partial charge is 0.371 e. The first kappa shape index (κ1) is 23.2. The SMILES string of the molecule is C[C@@](Cc1c[nH]c2ccccc12)(Nc1ccccc1)C(=O)NCC1(c2ccccn2)CCCCC1. The predicted octanol–water partition coefficient (Wildman–Crippen LogP) is 5.99. The van der Waals surface area contributed by atoms with E-state index in [4.69, 9.17) is 4.98 Å². The second kappa shape index (κ2) is 9.95. The quantitative estimate of drug-likeness (QED) is 0.298. The maximum absolute atomic E-state index is 13.9. The monoisotopic (exact) mass is 466 g/mol. The number of nitrogens with zero attached hydrogens (tertiary/aromatic N) is 1. The van der Waals surface area contributed by atoms with Gasteiger partial charge in [-0.15, -0.1) is 0 Å². The smallest absolute Gasteiger partial charge is 0.245 e. The second-order valence-corrected chi connectivity index (χ2v) is 10.1. The Morgan fingerprint density at radius 1 is 0.971 bits per heavy atom. The van der Waals surface area contributed by atoms with Crippen molar-refractivity contribution < 1.29 is 4.79 Å². The minimum atomic E-state index is -0.827. The van der Waals surface area contributed by atoms with Crippen LogP contribution in [0.15, 0.2) is 85.2 Å². The number of carbonyl (C=O) groups is 1. The van der Waals surface area contributed by atoms with Crippen LogP contribution in [0.1, 0.15) is 50.3 Å². The highest BCUT2D eigenvalue weighted by molar-refractivity contribution is 5.91. The van der Waals surface area contributed by atoms with Crippen LogP contribution >= 0.6 is 0 Å². The van der Waals surface area contributed by atoms with Crippen LogP contribution in [-0.4, -0.2) is 28.0 Å². The summed E-state index contributed by atoms with van der Waals surface area (Å²) in [7, 11) is 0. The lowest BCUT2D eigenvalue weighted by Gasteiger charge is -2.38. The van der Waals surface area contributed by atoms with Crippen LogP contribution in [0.3, 0.4) is 0 Å². The van der Waals surface area contributed by atoms with Crippen molar-refractivity contribution in [2.24, 2.45) is 0 Å². The van der Waals surface area contributed by atoms with Crippen molar-refractivity contribution in [3.8, 4) is 0 Å². The zero-order chi connectivity index (χ0) is 24.1. The fraction of sp³-hybridized carbons (Fsp3) is 0.333. The summed E-state index contributed by atoms with van der Waals surface area (Å²) >= 11 is 0. The van der Waals surface area contributed by atoms with E-state index in [9.17, 15) is 4.79 Å². The molecule has 0 spiro atoms. The van der Waals surface area contributed by atoms with Crippen molar-refractivity contribution in [3.63, 3.8) is 0 Å². The molecule has 5 rings (SSSR count). The van der Waals surface area contributed by atoms with Gasteiger partial charge in [0.25, 0.3) is 0 Å². The number of aromatic amines is 1. The molecule has 0 unspecified atom stereocenters. The first-order chi connectivity index (χ1) is 17.1. The average molecular weight is 467 g/mol. The summed E-state index contributed by atoms with van der Waals surface area (Å²) in [6.45, 7) is 2.61. The molecule has 2 aromatic carbocycles. The van der Waals surface area contributed by atoms with Gasteiger partial charge in [0.2, 0.25) is 5.91 Å². The average Bonchev–Trinajstić information content (AvgIpc) is 3.31.